The first-order chi connectivity index (χ1) is 9.47. The number of benzene rings is 1. The van der Waals surface area contributed by atoms with Crippen LogP contribution < -0.4 is 10.2 Å². The Morgan fingerprint density at radius 2 is 2.05 bits per heavy atom. The molecule has 0 unspecified atom stereocenters. The molecule has 0 spiro atoms. The van der Waals surface area contributed by atoms with Gasteiger partial charge in [-0.25, -0.2) is 4.98 Å². The number of hydrogen-bond acceptors (Lipinski definition) is 3. The van der Waals surface area contributed by atoms with Crippen LogP contribution in [0.25, 0.3) is 0 Å². The van der Waals surface area contributed by atoms with Crippen LogP contribution in [-0.4, -0.2) is 25.0 Å². The first-order valence-electron chi connectivity index (χ1n) is 6.18. The lowest BCUT2D eigenvalue weighted by Gasteiger charge is -2.13. The van der Waals surface area contributed by atoms with Gasteiger partial charge in [-0.15, -0.1) is 0 Å². The van der Waals surface area contributed by atoms with Gasteiger partial charge >= 0.3 is 0 Å². The molecule has 5 heteroatoms. The Bertz CT molecular complexity index is 641. The van der Waals surface area contributed by atoms with Crippen LogP contribution in [0.2, 0.25) is 5.15 Å². The second-order valence-electron chi connectivity index (χ2n) is 4.73. The number of carbonyl (C=O) groups excluding carboxylic acids is 1. The van der Waals surface area contributed by atoms with Crippen molar-refractivity contribution in [1.29, 1.82) is 0 Å². The molecule has 20 heavy (non-hydrogen) atoms. The van der Waals surface area contributed by atoms with Gasteiger partial charge in [0.1, 0.15) is 5.15 Å². The number of hydrogen-bond donors (Lipinski definition) is 1. The van der Waals surface area contributed by atoms with E-state index in [1.807, 2.05) is 44.1 Å². The lowest BCUT2D eigenvalue weighted by Crippen LogP contribution is -2.14. The predicted molar refractivity (Wildman–Crippen MR) is 82.7 cm³/mol. The summed E-state index contributed by atoms with van der Waals surface area (Å²) in [5.41, 5.74) is 3.03. The van der Waals surface area contributed by atoms with E-state index >= 15 is 0 Å². The van der Waals surface area contributed by atoms with E-state index in [4.69, 9.17) is 11.6 Å². The van der Waals surface area contributed by atoms with Crippen molar-refractivity contribution >= 4 is 28.9 Å². The van der Waals surface area contributed by atoms with Gasteiger partial charge in [0.25, 0.3) is 5.91 Å². The standard InChI is InChI=1S/C15H16ClN3O/c1-10-7-12(9-17-14(10)16)18-15(20)11-5-4-6-13(8-11)19(2)3/h4-9H,1-3H3,(H,18,20). The highest BCUT2D eigenvalue weighted by atomic mass is 35.5. The van der Waals surface area contributed by atoms with E-state index in [1.165, 1.54) is 0 Å². The van der Waals surface area contributed by atoms with E-state index in [9.17, 15) is 4.79 Å². The number of halogens is 1. The normalized spacial score (nSPS) is 10.2. The third-order valence-electron chi connectivity index (χ3n) is 2.90. The van der Waals surface area contributed by atoms with E-state index < -0.39 is 0 Å². The Hall–Kier alpha value is -2.07. The molecule has 0 aliphatic carbocycles. The van der Waals surface area contributed by atoms with Crippen molar-refractivity contribution < 1.29 is 4.79 Å². The van der Waals surface area contributed by atoms with Crippen LogP contribution in [0, 0.1) is 6.92 Å². The molecular weight excluding hydrogens is 274 g/mol. The highest BCUT2D eigenvalue weighted by molar-refractivity contribution is 6.30. The van der Waals surface area contributed by atoms with E-state index in [1.54, 1.807) is 18.3 Å². The largest absolute Gasteiger partial charge is 0.378 e. The van der Waals surface area contributed by atoms with Crippen molar-refractivity contribution in [1.82, 2.24) is 4.98 Å². The summed E-state index contributed by atoms with van der Waals surface area (Å²) in [4.78, 5) is 18.2. The highest BCUT2D eigenvalue weighted by Crippen LogP contribution is 2.18. The van der Waals surface area contributed by atoms with E-state index in [0.717, 1.165) is 11.3 Å². The number of nitrogens with zero attached hydrogens (tertiary/aromatic N) is 2. The van der Waals surface area contributed by atoms with Crippen LogP contribution in [0.1, 0.15) is 15.9 Å². The minimum atomic E-state index is -0.169. The third-order valence-corrected chi connectivity index (χ3v) is 3.29. The number of aromatic nitrogens is 1. The molecule has 1 amide bonds. The molecule has 0 saturated carbocycles. The molecule has 0 aliphatic heterocycles. The molecule has 1 N–H and O–H groups in total. The number of nitrogens with one attached hydrogen (secondary N) is 1. The van der Waals surface area contributed by atoms with Crippen molar-refractivity contribution in [2.24, 2.45) is 0 Å². The van der Waals surface area contributed by atoms with Crippen molar-refractivity contribution in [3.8, 4) is 0 Å². The zero-order valence-electron chi connectivity index (χ0n) is 11.6. The third kappa shape index (κ3) is 3.27. The second-order valence-corrected chi connectivity index (χ2v) is 5.09. The van der Waals surface area contributed by atoms with Gasteiger partial charge in [0.2, 0.25) is 0 Å². The fraction of sp³-hybridized carbons (Fsp3) is 0.200. The van der Waals surface area contributed by atoms with Crippen molar-refractivity contribution in [2.75, 3.05) is 24.3 Å². The van der Waals surface area contributed by atoms with Crippen LogP contribution >= 0.6 is 11.6 Å². The Kier molecular flexibility index (Phi) is 4.25. The maximum Gasteiger partial charge on any atom is 0.255 e. The van der Waals surface area contributed by atoms with Gasteiger partial charge < -0.3 is 10.2 Å². The minimum absolute atomic E-state index is 0.169. The SMILES string of the molecule is Cc1cc(NC(=O)c2cccc(N(C)C)c2)cnc1Cl. The molecule has 0 atom stereocenters. The molecule has 0 saturated heterocycles. The average Bonchev–Trinajstić information content (AvgIpc) is 2.43. The fourth-order valence-corrected chi connectivity index (χ4v) is 1.86. The smallest absolute Gasteiger partial charge is 0.255 e. The van der Waals surface area contributed by atoms with E-state index in [-0.39, 0.29) is 5.91 Å². The van der Waals surface area contributed by atoms with Crippen LogP contribution in [0.3, 0.4) is 0 Å². The Labute approximate surface area is 123 Å². The summed E-state index contributed by atoms with van der Waals surface area (Å²) in [6.07, 6.45) is 1.54. The summed E-state index contributed by atoms with van der Waals surface area (Å²) in [5, 5.41) is 3.26. The zero-order valence-corrected chi connectivity index (χ0v) is 12.4. The van der Waals surface area contributed by atoms with Gasteiger partial charge in [0.15, 0.2) is 0 Å². The first kappa shape index (κ1) is 14.3. The van der Waals surface area contributed by atoms with E-state index in [2.05, 4.69) is 10.3 Å². The summed E-state index contributed by atoms with van der Waals surface area (Å²) in [6.45, 7) is 1.84. The first-order valence-corrected chi connectivity index (χ1v) is 6.56. The number of rotatable bonds is 3. The summed E-state index contributed by atoms with van der Waals surface area (Å²) < 4.78 is 0. The van der Waals surface area contributed by atoms with Crippen LogP contribution in [0.15, 0.2) is 36.5 Å². The maximum atomic E-state index is 12.2. The van der Waals surface area contributed by atoms with Crippen LogP contribution in [-0.2, 0) is 0 Å². The molecule has 104 valence electrons. The molecule has 1 heterocycles. The molecule has 0 aliphatic rings. The Balaban J connectivity index is 2.19. The highest BCUT2D eigenvalue weighted by Gasteiger charge is 2.08. The molecule has 0 bridgehead atoms. The Morgan fingerprint density at radius 1 is 1.30 bits per heavy atom. The molecule has 2 rings (SSSR count). The van der Waals surface area contributed by atoms with Gasteiger partial charge in [-0.3, -0.25) is 4.79 Å². The topological polar surface area (TPSA) is 45.2 Å². The molecule has 4 nitrogen and oxygen atoms in total. The molecular formula is C15H16ClN3O. The van der Waals surface area contributed by atoms with E-state index in [0.29, 0.717) is 16.4 Å². The summed E-state index contributed by atoms with van der Waals surface area (Å²) in [7, 11) is 3.87. The van der Waals surface area contributed by atoms with Gasteiger partial charge in [0.05, 0.1) is 11.9 Å². The molecule has 1 aromatic carbocycles. The summed E-state index contributed by atoms with van der Waals surface area (Å²) in [6, 6.07) is 9.22. The average molecular weight is 290 g/mol. The molecule has 0 radical (unpaired) electrons. The van der Waals surface area contributed by atoms with Gasteiger partial charge in [0, 0.05) is 25.3 Å². The van der Waals surface area contributed by atoms with Crippen molar-refractivity contribution in [3.63, 3.8) is 0 Å². The molecule has 0 fully saturated rings. The number of amides is 1. The van der Waals surface area contributed by atoms with Crippen LogP contribution in [0.5, 0.6) is 0 Å². The molecule has 1 aromatic heterocycles. The number of pyridine rings is 1. The number of anilines is 2. The van der Waals surface area contributed by atoms with Gasteiger partial charge in [-0.05, 0) is 36.8 Å². The summed E-state index contributed by atoms with van der Waals surface area (Å²) >= 11 is 5.86. The minimum Gasteiger partial charge on any atom is -0.378 e. The van der Waals surface area contributed by atoms with Gasteiger partial charge in [-0.2, -0.15) is 0 Å². The number of aryl methyl sites for hydroxylation is 1. The quantitative estimate of drug-likeness (QED) is 0.881. The van der Waals surface area contributed by atoms with Crippen LogP contribution in [0.4, 0.5) is 11.4 Å². The zero-order chi connectivity index (χ0) is 14.7. The van der Waals surface area contributed by atoms with Crippen molar-refractivity contribution in [2.45, 2.75) is 6.92 Å². The van der Waals surface area contributed by atoms with Crippen molar-refractivity contribution in [3.05, 3.63) is 52.8 Å². The maximum absolute atomic E-state index is 12.2. The number of carbonyl (C=O) groups is 1. The Morgan fingerprint density at radius 3 is 2.70 bits per heavy atom. The lowest BCUT2D eigenvalue weighted by molar-refractivity contribution is 0.102. The summed E-state index contributed by atoms with van der Waals surface area (Å²) in [5.74, 6) is -0.169. The second kappa shape index (κ2) is 5.92. The monoisotopic (exact) mass is 289 g/mol. The predicted octanol–water partition coefficient (Wildman–Crippen LogP) is 3.36. The lowest BCUT2D eigenvalue weighted by atomic mass is 10.1. The molecule has 2 aromatic rings. The van der Waals surface area contributed by atoms with Gasteiger partial charge in [-0.1, -0.05) is 17.7 Å². The fourth-order valence-electron chi connectivity index (χ4n) is 1.76.